The van der Waals surface area contributed by atoms with Crippen molar-refractivity contribution < 1.29 is 4.42 Å². The predicted molar refractivity (Wildman–Crippen MR) is 75.3 cm³/mol. The van der Waals surface area contributed by atoms with E-state index >= 15 is 0 Å². The Morgan fingerprint density at radius 2 is 1.94 bits per heavy atom. The number of furan rings is 1. The maximum atomic E-state index is 5.97. The summed E-state index contributed by atoms with van der Waals surface area (Å²) in [4.78, 5) is 8.95. The van der Waals surface area contributed by atoms with E-state index < -0.39 is 0 Å². The number of nitrogens with zero attached hydrogens (tertiary/aromatic N) is 2. The molecule has 0 radical (unpaired) electrons. The topological polar surface area (TPSA) is 64.9 Å². The van der Waals surface area contributed by atoms with Gasteiger partial charge in [-0.25, -0.2) is 9.97 Å². The maximum Gasteiger partial charge on any atom is 0.166 e. The molecule has 0 amide bonds. The number of nitrogen functional groups attached to an aromatic ring is 1. The molecule has 0 fully saturated rings. The monoisotopic (exact) mass is 309 g/mol. The van der Waals surface area contributed by atoms with Gasteiger partial charge in [-0.05, 0) is 28.9 Å². The summed E-state index contributed by atoms with van der Waals surface area (Å²) in [6.45, 7) is 8.06. The fraction of sp³-hybridized carbons (Fsp3) is 0.385. The highest BCUT2D eigenvalue weighted by molar-refractivity contribution is 9.10. The van der Waals surface area contributed by atoms with Crippen LogP contribution in [0.4, 0.5) is 5.82 Å². The van der Waals surface area contributed by atoms with Crippen LogP contribution in [0.2, 0.25) is 0 Å². The molecular weight excluding hydrogens is 294 g/mol. The van der Waals surface area contributed by atoms with Crippen LogP contribution in [0.5, 0.6) is 0 Å². The van der Waals surface area contributed by atoms with Crippen molar-refractivity contribution in [2.45, 2.75) is 33.1 Å². The fourth-order valence-corrected chi connectivity index (χ4v) is 1.94. The Bertz CT molecular complexity index is 584. The minimum atomic E-state index is -0.157. The van der Waals surface area contributed by atoms with E-state index in [4.69, 9.17) is 10.2 Å². The van der Waals surface area contributed by atoms with Gasteiger partial charge in [-0.1, -0.05) is 20.8 Å². The zero-order chi connectivity index (χ0) is 13.5. The van der Waals surface area contributed by atoms with Gasteiger partial charge >= 0.3 is 0 Å². The maximum absolute atomic E-state index is 5.97. The third-order valence-electron chi connectivity index (χ3n) is 2.69. The summed E-state index contributed by atoms with van der Waals surface area (Å²) in [7, 11) is 0. The molecule has 5 heteroatoms. The van der Waals surface area contributed by atoms with Crippen LogP contribution >= 0.6 is 15.9 Å². The third kappa shape index (κ3) is 2.27. The molecule has 2 heterocycles. The smallest absolute Gasteiger partial charge is 0.166 e. The van der Waals surface area contributed by atoms with Gasteiger partial charge in [0, 0.05) is 11.0 Å². The van der Waals surface area contributed by atoms with E-state index in [1.165, 1.54) is 0 Å². The van der Waals surface area contributed by atoms with Crippen LogP contribution in [0.1, 0.15) is 32.2 Å². The molecule has 2 rings (SSSR count). The average Bonchev–Trinajstić information content (AvgIpc) is 2.67. The molecule has 0 spiro atoms. The van der Waals surface area contributed by atoms with Crippen molar-refractivity contribution in [3.8, 4) is 11.5 Å². The molecule has 0 atom stereocenters. The van der Waals surface area contributed by atoms with Crippen molar-refractivity contribution in [3.63, 3.8) is 0 Å². The lowest BCUT2D eigenvalue weighted by Crippen LogP contribution is -2.18. The number of halogens is 1. The molecule has 0 aliphatic carbocycles. The lowest BCUT2D eigenvalue weighted by Gasteiger charge is -2.18. The summed E-state index contributed by atoms with van der Waals surface area (Å²) >= 11 is 3.44. The van der Waals surface area contributed by atoms with E-state index in [0.29, 0.717) is 17.4 Å². The highest BCUT2D eigenvalue weighted by Gasteiger charge is 2.22. The minimum absolute atomic E-state index is 0.157. The summed E-state index contributed by atoms with van der Waals surface area (Å²) in [6, 6.07) is 1.84. The number of rotatable bonds is 1. The quantitative estimate of drug-likeness (QED) is 0.872. The molecule has 2 aromatic rings. The van der Waals surface area contributed by atoms with Crippen molar-refractivity contribution in [1.29, 1.82) is 0 Å². The lowest BCUT2D eigenvalue weighted by atomic mass is 9.95. The summed E-state index contributed by atoms with van der Waals surface area (Å²) in [6.07, 6.45) is 1.62. The molecule has 0 unspecified atom stereocenters. The number of hydrogen-bond acceptors (Lipinski definition) is 4. The van der Waals surface area contributed by atoms with Crippen LogP contribution in [0, 0.1) is 6.92 Å². The molecule has 0 bridgehead atoms. The third-order valence-corrected chi connectivity index (χ3v) is 3.31. The second kappa shape index (κ2) is 4.39. The molecule has 0 saturated carbocycles. The van der Waals surface area contributed by atoms with Gasteiger partial charge in [0.1, 0.15) is 17.3 Å². The Hall–Kier alpha value is -1.36. The first-order chi connectivity index (χ1) is 8.30. The average molecular weight is 310 g/mol. The van der Waals surface area contributed by atoms with Gasteiger partial charge in [-0.2, -0.15) is 0 Å². The number of anilines is 1. The SMILES string of the molecule is Cc1c(N)nc(C(C)(C)C)nc1-c1occc1Br. The first kappa shape index (κ1) is 13.1. The molecule has 0 aliphatic heterocycles. The zero-order valence-electron chi connectivity index (χ0n) is 10.9. The number of hydrogen-bond donors (Lipinski definition) is 1. The van der Waals surface area contributed by atoms with Gasteiger partial charge in [0.2, 0.25) is 0 Å². The molecule has 4 nitrogen and oxygen atoms in total. The molecule has 18 heavy (non-hydrogen) atoms. The lowest BCUT2D eigenvalue weighted by molar-refractivity contribution is 0.541. The molecular formula is C13H16BrN3O. The summed E-state index contributed by atoms with van der Waals surface area (Å²) in [5.74, 6) is 1.89. The van der Waals surface area contributed by atoms with Crippen LogP contribution in [0.3, 0.4) is 0 Å². The standard InChI is InChI=1S/C13H16BrN3O/c1-7-9(10-8(14)5-6-18-10)16-12(13(2,3)4)17-11(7)15/h5-6H,1-4H3,(H2,15,16,17). The zero-order valence-corrected chi connectivity index (χ0v) is 12.5. The molecule has 0 aromatic carbocycles. The Morgan fingerprint density at radius 3 is 2.44 bits per heavy atom. The van der Waals surface area contributed by atoms with Crippen LogP contribution < -0.4 is 5.73 Å². The molecule has 0 saturated heterocycles. The summed E-state index contributed by atoms with van der Waals surface area (Å²) in [5.41, 5.74) is 7.38. The Morgan fingerprint density at radius 1 is 1.28 bits per heavy atom. The Labute approximate surface area is 115 Å². The first-order valence-corrected chi connectivity index (χ1v) is 6.48. The van der Waals surface area contributed by atoms with Crippen molar-refractivity contribution in [1.82, 2.24) is 9.97 Å². The van der Waals surface area contributed by atoms with Gasteiger partial charge in [0.15, 0.2) is 5.76 Å². The largest absolute Gasteiger partial charge is 0.461 e. The van der Waals surface area contributed by atoms with Gasteiger partial charge < -0.3 is 10.2 Å². The fourth-order valence-electron chi connectivity index (χ4n) is 1.55. The molecule has 2 aromatic heterocycles. The van der Waals surface area contributed by atoms with Gasteiger partial charge in [0.25, 0.3) is 0 Å². The van der Waals surface area contributed by atoms with E-state index in [9.17, 15) is 0 Å². The van der Waals surface area contributed by atoms with E-state index in [0.717, 1.165) is 15.7 Å². The van der Waals surface area contributed by atoms with Gasteiger partial charge in [0.05, 0.1) is 10.7 Å². The van der Waals surface area contributed by atoms with Crippen LogP contribution in [-0.2, 0) is 5.41 Å². The summed E-state index contributed by atoms with van der Waals surface area (Å²) < 4.78 is 6.33. The van der Waals surface area contributed by atoms with E-state index in [1.807, 2.05) is 13.0 Å². The highest BCUT2D eigenvalue weighted by atomic mass is 79.9. The molecule has 96 valence electrons. The van der Waals surface area contributed by atoms with Gasteiger partial charge in [-0.3, -0.25) is 0 Å². The Kier molecular flexibility index (Phi) is 3.19. The normalized spacial score (nSPS) is 11.8. The van der Waals surface area contributed by atoms with Crippen molar-refractivity contribution in [3.05, 3.63) is 28.2 Å². The van der Waals surface area contributed by atoms with Crippen LogP contribution in [-0.4, -0.2) is 9.97 Å². The van der Waals surface area contributed by atoms with Crippen molar-refractivity contribution >= 4 is 21.7 Å². The molecule has 0 aliphatic rings. The second-order valence-corrected chi connectivity index (χ2v) is 6.11. The van der Waals surface area contributed by atoms with Crippen LogP contribution in [0.15, 0.2) is 21.2 Å². The summed E-state index contributed by atoms with van der Waals surface area (Å²) in [5, 5.41) is 0. The Balaban J connectivity index is 2.68. The first-order valence-electron chi connectivity index (χ1n) is 5.68. The van der Waals surface area contributed by atoms with Crippen molar-refractivity contribution in [2.24, 2.45) is 0 Å². The minimum Gasteiger partial charge on any atom is -0.461 e. The van der Waals surface area contributed by atoms with Crippen molar-refractivity contribution in [2.75, 3.05) is 5.73 Å². The second-order valence-electron chi connectivity index (χ2n) is 5.25. The molecule has 2 N–H and O–H groups in total. The predicted octanol–water partition coefficient (Wildman–Crippen LogP) is 3.69. The van der Waals surface area contributed by atoms with Crippen LogP contribution in [0.25, 0.3) is 11.5 Å². The van der Waals surface area contributed by atoms with E-state index in [2.05, 4.69) is 46.7 Å². The highest BCUT2D eigenvalue weighted by Crippen LogP contribution is 2.33. The van der Waals surface area contributed by atoms with Gasteiger partial charge in [-0.15, -0.1) is 0 Å². The van der Waals surface area contributed by atoms with E-state index in [1.54, 1.807) is 6.26 Å². The van der Waals surface area contributed by atoms with E-state index in [-0.39, 0.29) is 5.41 Å². The number of nitrogens with two attached hydrogens (primary N) is 1. The number of aromatic nitrogens is 2.